The van der Waals surface area contributed by atoms with Gasteiger partial charge in [0.2, 0.25) is 11.8 Å². The Morgan fingerprint density at radius 2 is 1.78 bits per heavy atom. The molecule has 2 amide bonds. The summed E-state index contributed by atoms with van der Waals surface area (Å²) >= 11 is 0. The third-order valence-electron chi connectivity index (χ3n) is 2.99. The molecular formula is C12H24N4O2. The lowest BCUT2D eigenvalue weighted by atomic mass is 10.3. The normalized spacial score (nSPS) is 16.7. The van der Waals surface area contributed by atoms with Crippen molar-refractivity contribution in [3.8, 4) is 0 Å². The van der Waals surface area contributed by atoms with Crippen LogP contribution in [0.15, 0.2) is 0 Å². The standard InChI is InChI=1S/C12H24N4O2/c1-3-4-14-11(17)9-13-10-12(18)16-7-5-15(2)6-8-16/h13H,3-10H2,1-2H3,(H,14,17). The second-order valence-electron chi connectivity index (χ2n) is 4.64. The Morgan fingerprint density at radius 3 is 2.39 bits per heavy atom. The van der Waals surface area contributed by atoms with Crippen LogP contribution in [0.1, 0.15) is 13.3 Å². The fourth-order valence-corrected chi connectivity index (χ4v) is 1.78. The fourth-order valence-electron chi connectivity index (χ4n) is 1.78. The maximum atomic E-state index is 11.8. The summed E-state index contributed by atoms with van der Waals surface area (Å²) in [6.45, 7) is 6.53. The van der Waals surface area contributed by atoms with Crippen molar-refractivity contribution in [2.75, 3.05) is 52.9 Å². The zero-order chi connectivity index (χ0) is 13.4. The van der Waals surface area contributed by atoms with Crippen molar-refractivity contribution >= 4 is 11.8 Å². The number of nitrogens with zero attached hydrogens (tertiary/aromatic N) is 2. The fraction of sp³-hybridized carbons (Fsp3) is 0.833. The zero-order valence-electron chi connectivity index (χ0n) is 11.4. The van der Waals surface area contributed by atoms with Crippen LogP contribution in [-0.4, -0.2) is 74.5 Å². The molecule has 0 aliphatic carbocycles. The van der Waals surface area contributed by atoms with Crippen molar-refractivity contribution in [2.24, 2.45) is 0 Å². The van der Waals surface area contributed by atoms with Crippen LogP contribution >= 0.6 is 0 Å². The van der Waals surface area contributed by atoms with Crippen LogP contribution in [0.25, 0.3) is 0 Å². The Bertz CT molecular complexity index is 275. The molecule has 6 nitrogen and oxygen atoms in total. The number of carbonyl (C=O) groups excluding carboxylic acids is 2. The number of carbonyl (C=O) groups is 2. The molecule has 2 N–H and O–H groups in total. The highest BCUT2D eigenvalue weighted by Crippen LogP contribution is 1.98. The first-order valence-corrected chi connectivity index (χ1v) is 6.57. The Kier molecular flexibility index (Phi) is 6.67. The topological polar surface area (TPSA) is 64.7 Å². The highest BCUT2D eigenvalue weighted by atomic mass is 16.2. The predicted molar refractivity (Wildman–Crippen MR) is 70.2 cm³/mol. The van der Waals surface area contributed by atoms with Gasteiger partial charge in [0.25, 0.3) is 0 Å². The van der Waals surface area contributed by atoms with E-state index in [1.54, 1.807) is 0 Å². The molecule has 1 rings (SSSR count). The smallest absolute Gasteiger partial charge is 0.236 e. The Labute approximate surface area is 109 Å². The molecule has 1 saturated heterocycles. The Morgan fingerprint density at radius 1 is 1.11 bits per heavy atom. The van der Waals surface area contributed by atoms with E-state index in [1.807, 2.05) is 11.8 Å². The Hall–Kier alpha value is -1.14. The molecule has 18 heavy (non-hydrogen) atoms. The highest BCUT2D eigenvalue weighted by Gasteiger charge is 2.18. The van der Waals surface area contributed by atoms with E-state index >= 15 is 0 Å². The van der Waals surface area contributed by atoms with Crippen molar-refractivity contribution in [3.05, 3.63) is 0 Å². The lowest BCUT2D eigenvalue weighted by Gasteiger charge is -2.32. The van der Waals surface area contributed by atoms with Gasteiger partial charge in [-0.25, -0.2) is 0 Å². The molecule has 104 valence electrons. The molecule has 0 aromatic carbocycles. The zero-order valence-corrected chi connectivity index (χ0v) is 11.4. The van der Waals surface area contributed by atoms with Gasteiger partial charge in [0.1, 0.15) is 0 Å². The van der Waals surface area contributed by atoms with Gasteiger partial charge in [-0.1, -0.05) is 6.92 Å². The van der Waals surface area contributed by atoms with Gasteiger partial charge in [0, 0.05) is 32.7 Å². The van der Waals surface area contributed by atoms with E-state index < -0.39 is 0 Å². The Balaban J connectivity index is 2.11. The summed E-state index contributed by atoms with van der Waals surface area (Å²) in [7, 11) is 2.05. The van der Waals surface area contributed by atoms with Crippen molar-refractivity contribution in [2.45, 2.75) is 13.3 Å². The predicted octanol–water partition coefficient (Wildman–Crippen LogP) is -1.12. The van der Waals surface area contributed by atoms with Crippen LogP contribution in [0.2, 0.25) is 0 Å². The number of rotatable bonds is 6. The van der Waals surface area contributed by atoms with Gasteiger partial charge in [-0.3, -0.25) is 14.9 Å². The highest BCUT2D eigenvalue weighted by molar-refractivity contribution is 5.81. The monoisotopic (exact) mass is 256 g/mol. The number of nitrogens with one attached hydrogen (secondary N) is 2. The van der Waals surface area contributed by atoms with E-state index in [-0.39, 0.29) is 24.9 Å². The number of likely N-dealkylation sites (N-methyl/N-ethyl adjacent to an activating group) is 1. The minimum Gasteiger partial charge on any atom is -0.355 e. The second-order valence-corrected chi connectivity index (χ2v) is 4.64. The number of hydrogen-bond donors (Lipinski definition) is 2. The van der Waals surface area contributed by atoms with Crippen LogP contribution in [-0.2, 0) is 9.59 Å². The van der Waals surface area contributed by atoms with E-state index in [4.69, 9.17) is 0 Å². The summed E-state index contributed by atoms with van der Waals surface area (Å²) < 4.78 is 0. The molecule has 0 spiro atoms. The molecule has 0 saturated carbocycles. The second kappa shape index (κ2) is 8.05. The summed E-state index contributed by atoms with van der Waals surface area (Å²) in [5, 5.41) is 5.64. The summed E-state index contributed by atoms with van der Waals surface area (Å²) in [4.78, 5) is 27.2. The third kappa shape index (κ3) is 5.46. The van der Waals surface area contributed by atoms with Crippen molar-refractivity contribution in [3.63, 3.8) is 0 Å². The average Bonchev–Trinajstić information content (AvgIpc) is 2.37. The van der Waals surface area contributed by atoms with Gasteiger partial charge < -0.3 is 15.1 Å². The summed E-state index contributed by atoms with van der Waals surface area (Å²) in [6.07, 6.45) is 0.923. The largest absolute Gasteiger partial charge is 0.355 e. The van der Waals surface area contributed by atoms with E-state index in [1.165, 1.54) is 0 Å². The first-order chi connectivity index (χ1) is 8.63. The molecule has 0 radical (unpaired) electrons. The van der Waals surface area contributed by atoms with Gasteiger partial charge in [0.15, 0.2) is 0 Å². The van der Waals surface area contributed by atoms with Gasteiger partial charge in [0.05, 0.1) is 13.1 Å². The molecule has 1 aliphatic heterocycles. The average molecular weight is 256 g/mol. The molecule has 1 aliphatic rings. The van der Waals surface area contributed by atoms with E-state index in [2.05, 4.69) is 22.6 Å². The summed E-state index contributed by atoms with van der Waals surface area (Å²) in [5.74, 6) is 0.0226. The third-order valence-corrected chi connectivity index (χ3v) is 2.99. The molecule has 0 atom stereocenters. The van der Waals surface area contributed by atoms with E-state index in [0.717, 1.165) is 32.6 Å². The number of amides is 2. The van der Waals surface area contributed by atoms with E-state index in [0.29, 0.717) is 6.54 Å². The molecule has 0 aromatic heterocycles. The molecule has 1 fully saturated rings. The summed E-state index contributed by atoms with van der Waals surface area (Å²) in [5.41, 5.74) is 0. The van der Waals surface area contributed by atoms with Gasteiger partial charge in [-0.2, -0.15) is 0 Å². The van der Waals surface area contributed by atoms with Crippen LogP contribution < -0.4 is 10.6 Å². The molecule has 6 heteroatoms. The SMILES string of the molecule is CCCNC(=O)CNCC(=O)N1CCN(C)CC1. The van der Waals surface area contributed by atoms with Crippen LogP contribution in [0.5, 0.6) is 0 Å². The van der Waals surface area contributed by atoms with Gasteiger partial charge in [-0.05, 0) is 13.5 Å². The molecular weight excluding hydrogens is 232 g/mol. The van der Waals surface area contributed by atoms with Gasteiger partial charge in [-0.15, -0.1) is 0 Å². The van der Waals surface area contributed by atoms with Crippen LogP contribution in [0.3, 0.4) is 0 Å². The quantitative estimate of drug-likeness (QED) is 0.631. The number of hydrogen-bond acceptors (Lipinski definition) is 4. The lowest BCUT2D eigenvalue weighted by molar-refractivity contribution is -0.131. The molecule has 1 heterocycles. The first kappa shape index (κ1) is 14.9. The molecule has 0 unspecified atom stereocenters. The van der Waals surface area contributed by atoms with Crippen LogP contribution in [0, 0.1) is 0 Å². The molecule has 0 bridgehead atoms. The minimum atomic E-state index is -0.0528. The van der Waals surface area contributed by atoms with E-state index in [9.17, 15) is 9.59 Å². The number of piperazine rings is 1. The maximum absolute atomic E-state index is 11.8. The van der Waals surface area contributed by atoms with Gasteiger partial charge >= 0.3 is 0 Å². The van der Waals surface area contributed by atoms with Crippen molar-refractivity contribution in [1.29, 1.82) is 0 Å². The van der Waals surface area contributed by atoms with Crippen molar-refractivity contribution in [1.82, 2.24) is 20.4 Å². The summed E-state index contributed by atoms with van der Waals surface area (Å²) in [6, 6.07) is 0. The first-order valence-electron chi connectivity index (χ1n) is 6.57. The van der Waals surface area contributed by atoms with Crippen molar-refractivity contribution < 1.29 is 9.59 Å². The lowest BCUT2D eigenvalue weighted by Crippen LogP contribution is -2.50. The molecule has 0 aromatic rings. The maximum Gasteiger partial charge on any atom is 0.236 e. The van der Waals surface area contributed by atoms with Crippen LogP contribution in [0.4, 0.5) is 0 Å². The minimum absolute atomic E-state index is 0.0528.